The number of methoxy groups -OCH3 is 3. The highest BCUT2D eigenvalue weighted by Crippen LogP contribution is 2.45. The number of likely N-dealkylation sites (tertiary alicyclic amines) is 1. The van der Waals surface area contributed by atoms with Gasteiger partial charge in [-0.25, -0.2) is 0 Å². The SMILES string of the molecule is COc1cc(N2CCC3(CCN(C(=O)c4c(OC)cc(C(N)=O)cc4OC)CC3)C2=O)ccc1-c1cn[nH]c1. The fourth-order valence-corrected chi connectivity index (χ4v) is 5.58. The number of anilines is 1. The zero-order chi connectivity index (χ0) is 27.7. The number of carbonyl (C=O) groups excluding carboxylic acids is 3. The molecule has 1 aromatic heterocycles. The lowest BCUT2D eigenvalue weighted by Gasteiger charge is -2.38. The summed E-state index contributed by atoms with van der Waals surface area (Å²) in [6.07, 6.45) is 5.31. The molecular formula is C28H31N5O6. The van der Waals surface area contributed by atoms with E-state index in [0.717, 1.165) is 16.8 Å². The van der Waals surface area contributed by atoms with Crippen LogP contribution in [0.5, 0.6) is 17.2 Å². The molecule has 3 heterocycles. The van der Waals surface area contributed by atoms with Gasteiger partial charge in [0, 0.05) is 54.3 Å². The zero-order valence-electron chi connectivity index (χ0n) is 22.2. The van der Waals surface area contributed by atoms with Crippen LogP contribution in [0.3, 0.4) is 0 Å². The van der Waals surface area contributed by atoms with Crippen molar-refractivity contribution in [1.82, 2.24) is 15.1 Å². The number of rotatable bonds is 7. The van der Waals surface area contributed by atoms with E-state index in [4.69, 9.17) is 19.9 Å². The second-order valence-electron chi connectivity index (χ2n) is 9.77. The zero-order valence-corrected chi connectivity index (χ0v) is 22.2. The Labute approximate surface area is 225 Å². The number of aromatic amines is 1. The molecule has 0 saturated carbocycles. The second-order valence-corrected chi connectivity index (χ2v) is 9.77. The van der Waals surface area contributed by atoms with Crippen molar-refractivity contribution in [2.75, 3.05) is 45.9 Å². The number of hydrogen-bond donors (Lipinski definition) is 2. The number of nitrogens with zero attached hydrogens (tertiary/aromatic N) is 3. The third kappa shape index (κ3) is 4.53. The van der Waals surface area contributed by atoms with E-state index in [1.54, 1.807) is 24.4 Å². The summed E-state index contributed by atoms with van der Waals surface area (Å²) in [4.78, 5) is 42.5. The predicted molar refractivity (Wildman–Crippen MR) is 143 cm³/mol. The van der Waals surface area contributed by atoms with Gasteiger partial charge in [-0.05, 0) is 43.5 Å². The fraction of sp³-hybridized carbons (Fsp3) is 0.357. The van der Waals surface area contributed by atoms with Crippen LogP contribution >= 0.6 is 0 Å². The lowest BCUT2D eigenvalue weighted by molar-refractivity contribution is -0.127. The molecule has 2 fully saturated rings. The Bertz CT molecular complexity index is 1390. The summed E-state index contributed by atoms with van der Waals surface area (Å²) >= 11 is 0. The molecule has 3 N–H and O–H groups in total. The van der Waals surface area contributed by atoms with Crippen molar-refractivity contribution in [3.05, 3.63) is 53.9 Å². The van der Waals surface area contributed by atoms with Crippen molar-refractivity contribution < 1.29 is 28.6 Å². The van der Waals surface area contributed by atoms with Gasteiger partial charge in [-0.15, -0.1) is 0 Å². The van der Waals surface area contributed by atoms with E-state index in [1.807, 2.05) is 23.1 Å². The summed E-state index contributed by atoms with van der Waals surface area (Å²) in [5.41, 5.74) is 7.86. The van der Waals surface area contributed by atoms with Gasteiger partial charge in [-0.2, -0.15) is 5.10 Å². The van der Waals surface area contributed by atoms with Crippen LogP contribution in [0.1, 0.15) is 40.0 Å². The van der Waals surface area contributed by atoms with Crippen LogP contribution in [0.2, 0.25) is 0 Å². The summed E-state index contributed by atoms with van der Waals surface area (Å²) < 4.78 is 16.4. The highest BCUT2D eigenvalue weighted by molar-refractivity contribution is 6.03. The Morgan fingerprint density at radius 2 is 1.59 bits per heavy atom. The maximum Gasteiger partial charge on any atom is 0.261 e. The number of carbonyl (C=O) groups is 3. The monoisotopic (exact) mass is 533 g/mol. The van der Waals surface area contributed by atoms with E-state index in [1.165, 1.54) is 26.4 Å². The maximum absolute atomic E-state index is 13.7. The Hall–Kier alpha value is -4.54. The van der Waals surface area contributed by atoms with Crippen LogP contribution in [-0.4, -0.2) is 73.8 Å². The smallest absolute Gasteiger partial charge is 0.261 e. The molecule has 2 aliphatic heterocycles. The number of nitrogens with one attached hydrogen (secondary N) is 1. The summed E-state index contributed by atoms with van der Waals surface area (Å²) in [5.74, 6) is 0.218. The van der Waals surface area contributed by atoms with Crippen LogP contribution in [0, 0.1) is 5.41 Å². The van der Waals surface area contributed by atoms with Gasteiger partial charge in [0.25, 0.3) is 5.91 Å². The average molecular weight is 534 g/mol. The number of ether oxygens (including phenoxy) is 3. The van der Waals surface area contributed by atoms with Crippen molar-refractivity contribution in [2.24, 2.45) is 11.1 Å². The quantitative estimate of drug-likeness (QED) is 0.476. The first kappa shape index (κ1) is 26.1. The van der Waals surface area contributed by atoms with Gasteiger partial charge in [-0.1, -0.05) is 0 Å². The van der Waals surface area contributed by atoms with E-state index in [0.29, 0.717) is 44.6 Å². The van der Waals surface area contributed by atoms with E-state index >= 15 is 0 Å². The fourth-order valence-electron chi connectivity index (χ4n) is 5.58. The largest absolute Gasteiger partial charge is 0.496 e. The molecular weight excluding hydrogens is 502 g/mol. The summed E-state index contributed by atoms with van der Waals surface area (Å²) in [7, 11) is 4.45. The molecule has 0 bridgehead atoms. The Balaban J connectivity index is 1.32. The lowest BCUT2D eigenvalue weighted by Crippen LogP contribution is -2.46. The molecule has 3 aromatic rings. The number of primary amides is 1. The first-order chi connectivity index (χ1) is 18.8. The minimum atomic E-state index is -0.649. The molecule has 1 spiro atoms. The molecule has 0 aliphatic carbocycles. The Morgan fingerprint density at radius 3 is 2.15 bits per heavy atom. The van der Waals surface area contributed by atoms with E-state index in [-0.39, 0.29) is 34.4 Å². The number of nitrogens with two attached hydrogens (primary N) is 1. The van der Waals surface area contributed by atoms with Crippen LogP contribution in [-0.2, 0) is 4.79 Å². The first-order valence-electron chi connectivity index (χ1n) is 12.7. The van der Waals surface area contributed by atoms with Gasteiger partial charge < -0.3 is 29.7 Å². The number of benzene rings is 2. The van der Waals surface area contributed by atoms with Crippen molar-refractivity contribution in [2.45, 2.75) is 19.3 Å². The molecule has 39 heavy (non-hydrogen) atoms. The second kappa shape index (κ2) is 10.3. The van der Waals surface area contributed by atoms with Gasteiger partial charge in [-0.3, -0.25) is 19.5 Å². The number of aromatic nitrogens is 2. The summed E-state index contributed by atoms with van der Waals surface area (Å²) in [6.45, 7) is 1.41. The molecule has 2 aliphatic rings. The highest BCUT2D eigenvalue weighted by Gasteiger charge is 2.49. The number of H-pyrrole nitrogens is 1. The molecule has 204 valence electrons. The van der Waals surface area contributed by atoms with Gasteiger partial charge in [0.05, 0.1) is 32.9 Å². The van der Waals surface area contributed by atoms with Crippen molar-refractivity contribution >= 4 is 23.4 Å². The molecule has 2 aromatic carbocycles. The molecule has 11 nitrogen and oxygen atoms in total. The highest BCUT2D eigenvalue weighted by atomic mass is 16.5. The lowest BCUT2D eigenvalue weighted by atomic mass is 9.77. The van der Waals surface area contributed by atoms with E-state index in [9.17, 15) is 14.4 Å². The molecule has 11 heteroatoms. The number of hydrogen-bond acceptors (Lipinski definition) is 7. The minimum absolute atomic E-state index is 0.0636. The molecule has 0 atom stereocenters. The summed E-state index contributed by atoms with van der Waals surface area (Å²) in [6, 6.07) is 8.62. The maximum atomic E-state index is 13.7. The van der Waals surface area contributed by atoms with Gasteiger partial charge in [0.2, 0.25) is 11.8 Å². The summed E-state index contributed by atoms with van der Waals surface area (Å²) in [5, 5.41) is 6.81. The normalized spacial score (nSPS) is 16.4. The average Bonchev–Trinajstić information content (AvgIpc) is 3.61. The van der Waals surface area contributed by atoms with Crippen LogP contribution < -0.4 is 24.8 Å². The molecule has 5 rings (SSSR count). The Morgan fingerprint density at radius 1 is 0.949 bits per heavy atom. The van der Waals surface area contributed by atoms with E-state index < -0.39 is 11.3 Å². The van der Waals surface area contributed by atoms with Crippen LogP contribution in [0.4, 0.5) is 5.69 Å². The van der Waals surface area contributed by atoms with Gasteiger partial charge >= 0.3 is 0 Å². The van der Waals surface area contributed by atoms with Crippen molar-refractivity contribution in [3.8, 4) is 28.4 Å². The third-order valence-electron chi connectivity index (χ3n) is 7.83. The van der Waals surface area contributed by atoms with Gasteiger partial charge in [0.15, 0.2) is 0 Å². The standard InChI is InChI=1S/C28H31N5O6/c1-37-21-14-19(4-5-20(21)18-15-30-31-16-18)33-11-8-28(27(33)36)6-9-32(10-7-28)26(35)24-22(38-2)12-17(25(29)34)13-23(24)39-3/h4-5,12-16H,6-11H2,1-3H3,(H2,29,34)(H,30,31). The molecule has 0 radical (unpaired) electrons. The van der Waals surface area contributed by atoms with Crippen molar-refractivity contribution in [1.29, 1.82) is 0 Å². The predicted octanol–water partition coefficient (Wildman–Crippen LogP) is 2.86. The third-order valence-corrected chi connectivity index (χ3v) is 7.83. The molecule has 0 unspecified atom stereocenters. The van der Waals surface area contributed by atoms with Crippen molar-refractivity contribution in [3.63, 3.8) is 0 Å². The topological polar surface area (TPSA) is 140 Å². The molecule has 2 saturated heterocycles. The van der Waals surface area contributed by atoms with E-state index in [2.05, 4.69) is 10.2 Å². The number of amides is 3. The Kier molecular flexibility index (Phi) is 6.90. The number of piperidine rings is 1. The minimum Gasteiger partial charge on any atom is -0.496 e. The van der Waals surface area contributed by atoms with Crippen LogP contribution in [0.15, 0.2) is 42.7 Å². The van der Waals surface area contributed by atoms with Gasteiger partial charge in [0.1, 0.15) is 22.8 Å². The first-order valence-corrected chi connectivity index (χ1v) is 12.7. The van der Waals surface area contributed by atoms with Crippen LogP contribution in [0.25, 0.3) is 11.1 Å². The molecule has 3 amide bonds.